The van der Waals surface area contributed by atoms with Crippen molar-refractivity contribution >= 4 is 5.69 Å². The summed E-state index contributed by atoms with van der Waals surface area (Å²) >= 11 is 0. The van der Waals surface area contributed by atoms with Gasteiger partial charge >= 0.3 is 0 Å². The molecule has 0 saturated heterocycles. The smallest absolute Gasteiger partial charge is 0.146 e. The molecule has 0 aromatic heterocycles. The first-order valence-corrected chi connectivity index (χ1v) is 6.58. The molecule has 3 nitrogen and oxygen atoms in total. The lowest BCUT2D eigenvalue weighted by Gasteiger charge is -2.08. The summed E-state index contributed by atoms with van der Waals surface area (Å²) in [4.78, 5) is 0. The molecule has 0 unspecified atom stereocenters. The van der Waals surface area contributed by atoms with E-state index in [0.717, 1.165) is 17.7 Å². The highest BCUT2D eigenvalue weighted by Gasteiger charge is 2.01. The first-order valence-electron chi connectivity index (χ1n) is 6.58. The number of nitrogen functional groups attached to an aromatic ring is 1. The van der Waals surface area contributed by atoms with Gasteiger partial charge in [0.2, 0.25) is 0 Å². The Bertz CT molecular complexity index is 555. The second-order valence-corrected chi connectivity index (χ2v) is 4.46. The van der Waals surface area contributed by atoms with Gasteiger partial charge in [0, 0.05) is 0 Å². The predicted octanol–water partition coefficient (Wildman–Crippen LogP) is 3.78. The van der Waals surface area contributed by atoms with E-state index in [1.807, 2.05) is 24.3 Å². The Hall–Kier alpha value is -2.23. The van der Waals surface area contributed by atoms with Crippen molar-refractivity contribution in [3.8, 4) is 11.5 Å². The van der Waals surface area contributed by atoms with Crippen LogP contribution in [0, 0.1) is 5.82 Å². The molecule has 0 fully saturated rings. The molecule has 0 amide bonds. The lowest BCUT2D eigenvalue weighted by atomic mass is 10.2. The van der Waals surface area contributed by atoms with Crippen molar-refractivity contribution < 1.29 is 13.9 Å². The van der Waals surface area contributed by atoms with Crippen molar-refractivity contribution in [3.63, 3.8) is 0 Å². The van der Waals surface area contributed by atoms with E-state index < -0.39 is 5.82 Å². The van der Waals surface area contributed by atoms with Gasteiger partial charge in [-0.05, 0) is 48.4 Å². The van der Waals surface area contributed by atoms with Gasteiger partial charge < -0.3 is 15.2 Å². The Kier molecular flexibility index (Phi) is 4.82. The molecule has 0 atom stereocenters. The number of benzene rings is 2. The van der Waals surface area contributed by atoms with E-state index in [0.29, 0.717) is 19.0 Å². The third-order valence-electron chi connectivity index (χ3n) is 2.77. The van der Waals surface area contributed by atoms with Crippen LogP contribution in [0.1, 0.15) is 18.9 Å². The molecule has 2 N–H and O–H groups in total. The maximum atomic E-state index is 13.3. The second kappa shape index (κ2) is 6.80. The Balaban J connectivity index is 1.91. The SMILES string of the molecule is CCCOc1ccc(OCc2ccc(N)c(F)c2)cc1. The summed E-state index contributed by atoms with van der Waals surface area (Å²) in [5.74, 6) is 1.11. The molecular formula is C16H18FNO2. The van der Waals surface area contributed by atoms with Crippen LogP contribution in [0.25, 0.3) is 0 Å². The molecule has 2 aromatic carbocycles. The summed E-state index contributed by atoms with van der Waals surface area (Å²) in [7, 11) is 0. The Morgan fingerprint density at radius 3 is 2.25 bits per heavy atom. The average molecular weight is 275 g/mol. The van der Waals surface area contributed by atoms with Crippen LogP contribution in [0.15, 0.2) is 42.5 Å². The van der Waals surface area contributed by atoms with E-state index >= 15 is 0 Å². The Morgan fingerprint density at radius 1 is 1.00 bits per heavy atom. The number of hydrogen-bond acceptors (Lipinski definition) is 3. The highest BCUT2D eigenvalue weighted by atomic mass is 19.1. The topological polar surface area (TPSA) is 44.5 Å². The van der Waals surface area contributed by atoms with Crippen molar-refractivity contribution in [2.45, 2.75) is 20.0 Å². The molecule has 0 aliphatic heterocycles. The Morgan fingerprint density at radius 2 is 1.65 bits per heavy atom. The molecule has 0 aliphatic carbocycles. The van der Waals surface area contributed by atoms with Crippen LogP contribution in [-0.4, -0.2) is 6.61 Å². The minimum atomic E-state index is -0.422. The van der Waals surface area contributed by atoms with E-state index in [-0.39, 0.29) is 5.69 Å². The highest BCUT2D eigenvalue weighted by molar-refractivity contribution is 5.41. The van der Waals surface area contributed by atoms with Gasteiger partial charge in [0.1, 0.15) is 23.9 Å². The van der Waals surface area contributed by atoms with Gasteiger partial charge in [-0.3, -0.25) is 0 Å². The largest absolute Gasteiger partial charge is 0.494 e. The second-order valence-electron chi connectivity index (χ2n) is 4.46. The fraction of sp³-hybridized carbons (Fsp3) is 0.250. The fourth-order valence-electron chi connectivity index (χ4n) is 1.68. The van der Waals surface area contributed by atoms with Crippen LogP contribution in [0.3, 0.4) is 0 Å². The summed E-state index contributed by atoms with van der Waals surface area (Å²) in [6, 6.07) is 12.0. The minimum absolute atomic E-state index is 0.145. The van der Waals surface area contributed by atoms with Gasteiger partial charge in [0.15, 0.2) is 0 Å². The molecule has 0 heterocycles. The number of anilines is 1. The highest BCUT2D eigenvalue weighted by Crippen LogP contribution is 2.19. The zero-order valence-corrected chi connectivity index (χ0v) is 11.4. The zero-order chi connectivity index (χ0) is 14.4. The maximum Gasteiger partial charge on any atom is 0.146 e. The lowest BCUT2D eigenvalue weighted by Crippen LogP contribution is -1.98. The molecule has 2 rings (SSSR count). The van der Waals surface area contributed by atoms with Crippen molar-refractivity contribution in [3.05, 3.63) is 53.8 Å². The fourth-order valence-corrected chi connectivity index (χ4v) is 1.68. The average Bonchev–Trinajstić information content (AvgIpc) is 2.47. The van der Waals surface area contributed by atoms with Crippen LogP contribution < -0.4 is 15.2 Å². The molecule has 2 aromatic rings. The summed E-state index contributed by atoms with van der Waals surface area (Å²) in [6.07, 6.45) is 0.973. The third kappa shape index (κ3) is 3.88. The quantitative estimate of drug-likeness (QED) is 0.816. The van der Waals surface area contributed by atoms with Gasteiger partial charge in [-0.25, -0.2) is 4.39 Å². The third-order valence-corrected chi connectivity index (χ3v) is 2.77. The van der Waals surface area contributed by atoms with E-state index in [4.69, 9.17) is 15.2 Å². The number of nitrogens with two attached hydrogens (primary N) is 1. The van der Waals surface area contributed by atoms with Gasteiger partial charge in [-0.2, -0.15) is 0 Å². The molecule has 0 saturated carbocycles. The normalized spacial score (nSPS) is 10.3. The first kappa shape index (κ1) is 14.2. The standard InChI is InChI=1S/C16H18FNO2/c1-2-9-19-13-4-6-14(7-5-13)20-11-12-3-8-16(18)15(17)10-12/h3-8,10H,2,9,11,18H2,1H3. The van der Waals surface area contributed by atoms with Crippen LogP contribution in [0.4, 0.5) is 10.1 Å². The first-order chi connectivity index (χ1) is 9.69. The predicted molar refractivity (Wildman–Crippen MR) is 77.4 cm³/mol. The van der Waals surface area contributed by atoms with E-state index in [9.17, 15) is 4.39 Å². The van der Waals surface area contributed by atoms with Crippen LogP contribution in [0.5, 0.6) is 11.5 Å². The van der Waals surface area contributed by atoms with Crippen LogP contribution >= 0.6 is 0 Å². The van der Waals surface area contributed by atoms with Gasteiger partial charge in [0.05, 0.1) is 12.3 Å². The summed E-state index contributed by atoms with van der Waals surface area (Å²) in [5.41, 5.74) is 6.31. The Labute approximate surface area is 118 Å². The van der Waals surface area contributed by atoms with Crippen molar-refractivity contribution in [1.29, 1.82) is 0 Å². The number of hydrogen-bond donors (Lipinski definition) is 1. The zero-order valence-electron chi connectivity index (χ0n) is 11.4. The molecule has 0 aliphatic rings. The van der Waals surface area contributed by atoms with Crippen molar-refractivity contribution in [2.24, 2.45) is 0 Å². The van der Waals surface area contributed by atoms with E-state index in [1.165, 1.54) is 12.1 Å². The van der Waals surface area contributed by atoms with Gasteiger partial charge in [-0.15, -0.1) is 0 Å². The molecule has 20 heavy (non-hydrogen) atoms. The minimum Gasteiger partial charge on any atom is -0.494 e. The monoisotopic (exact) mass is 275 g/mol. The van der Waals surface area contributed by atoms with Crippen LogP contribution in [0.2, 0.25) is 0 Å². The summed E-state index contributed by atoms with van der Waals surface area (Å²) < 4.78 is 24.3. The molecular weight excluding hydrogens is 257 g/mol. The summed E-state index contributed by atoms with van der Waals surface area (Å²) in [6.45, 7) is 3.06. The lowest BCUT2D eigenvalue weighted by molar-refractivity contribution is 0.301. The maximum absolute atomic E-state index is 13.3. The molecule has 4 heteroatoms. The molecule has 0 spiro atoms. The van der Waals surface area contributed by atoms with Crippen LogP contribution in [-0.2, 0) is 6.61 Å². The van der Waals surface area contributed by atoms with Gasteiger partial charge in [-0.1, -0.05) is 13.0 Å². The molecule has 0 radical (unpaired) electrons. The number of halogens is 1. The number of ether oxygens (including phenoxy) is 2. The van der Waals surface area contributed by atoms with Crippen molar-refractivity contribution in [1.82, 2.24) is 0 Å². The van der Waals surface area contributed by atoms with Crippen molar-refractivity contribution in [2.75, 3.05) is 12.3 Å². The number of rotatable bonds is 6. The molecule has 0 bridgehead atoms. The summed E-state index contributed by atoms with van der Waals surface area (Å²) in [5, 5.41) is 0. The van der Waals surface area contributed by atoms with E-state index in [1.54, 1.807) is 6.07 Å². The van der Waals surface area contributed by atoms with E-state index in [2.05, 4.69) is 6.92 Å². The molecule has 106 valence electrons. The van der Waals surface area contributed by atoms with Gasteiger partial charge in [0.25, 0.3) is 0 Å².